The molecule has 2 aromatic heterocycles. The van der Waals surface area contributed by atoms with Crippen molar-refractivity contribution in [2.24, 2.45) is 28.3 Å². The number of Topliss-reactive ketones (excluding diaryl/α,β-unsaturated/α-hetero) is 2. The molecule has 32 heteroatoms. The van der Waals surface area contributed by atoms with Crippen molar-refractivity contribution in [3.8, 4) is 17.2 Å². The third-order valence-electron chi connectivity index (χ3n) is 14.9. The molecule has 3 aromatic carbocycles. The fraction of sp³-hybridized carbons (Fsp3) is 0.492. The maximum Gasteiger partial charge on any atom is 0.415 e. The largest absolute Gasteiger partial charge is 0.493 e. The number of carboxylic acid groups (broad SMARTS) is 1. The Hall–Kier alpha value is -8.68. The van der Waals surface area contributed by atoms with Crippen molar-refractivity contribution in [2.75, 3.05) is 96.5 Å². The van der Waals surface area contributed by atoms with Gasteiger partial charge in [-0.05, 0) is 69.6 Å². The zero-order chi connectivity index (χ0) is 67.4. The van der Waals surface area contributed by atoms with Crippen LogP contribution in [0.4, 0.5) is 10.5 Å². The molecule has 29 nitrogen and oxygen atoms in total. The number of carbonyl (C=O) groups excluding carboxylic acids is 9. The number of fused-ring (bicyclic) bond motifs is 4. The molecule has 5 atom stereocenters. The number of nitrogens with one attached hydrogen (secondary N) is 3. The van der Waals surface area contributed by atoms with Gasteiger partial charge in [-0.3, -0.25) is 52.8 Å². The van der Waals surface area contributed by atoms with E-state index in [9.17, 15) is 47.9 Å². The smallest absolute Gasteiger partial charge is 0.415 e. The van der Waals surface area contributed by atoms with E-state index in [0.29, 0.717) is 95.9 Å². The molecule has 0 bridgehead atoms. The minimum atomic E-state index is -1.36. The molecule has 3 heterocycles. The Kier molecular flexibility index (Phi) is 29.8. The first-order valence-corrected chi connectivity index (χ1v) is 32.9. The van der Waals surface area contributed by atoms with Crippen molar-refractivity contribution in [2.45, 2.75) is 88.9 Å². The van der Waals surface area contributed by atoms with Crippen LogP contribution in [0.15, 0.2) is 59.9 Å². The van der Waals surface area contributed by atoms with Crippen LogP contribution in [0.2, 0.25) is 0 Å². The van der Waals surface area contributed by atoms with Crippen molar-refractivity contribution >= 4 is 127 Å². The summed E-state index contributed by atoms with van der Waals surface area (Å²) in [6, 6.07) is 11.3. The highest BCUT2D eigenvalue weighted by molar-refractivity contribution is 8.76. The number of ether oxygens (including phenoxy) is 6. The molecule has 0 saturated carbocycles. The van der Waals surface area contributed by atoms with E-state index in [1.54, 1.807) is 54.3 Å². The maximum absolute atomic E-state index is 14.7. The van der Waals surface area contributed by atoms with Gasteiger partial charge in [0.05, 0.1) is 53.2 Å². The fourth-order valence-corrected chi connectivity index (χ4v) is 12.5. The Bertz CT molecular complexity index is 3420. The number of rotatable bonds is 44. The molecule has 504 valence electrons. The van der Waals surface area contributed by atoms with E-state index in [4.69, 9.17) is 56.6 Å². The predicted molar refractivity (Wildman–Crippen MR) is 347 cm³/mol. The molecule has 93 heavy (non-hydrogen) atoms. The summed E-state index contributed by atoms with van der Waals surface area (Å²) < 4.78 is 34.4. The SMILES string of the molecule is COc1cc2[nH]cc(C(=O)N3C[C@@H](CCl)c4c3cc(OC(=O)N(C)CCSSC[C@H](NC(=O)[C@H](COC=O)CC(=O)[C@H](CCCN=C(N)N)NC(=O)[C@H](COC=O)CC(=O)CCCCn3cc(CCCC(=O)O)nn3)OC=O)c3ccccc43)c2cc1OCCN(C)C. The first-order chi connectivity index (χ1) is 44.8. The number of nitrogens with zero attached hydrogens (tertiary/aromatic N) is 7. The van der Waals surface area contributed by atoms with Crippen molar-refractivity contribution in [3.05, 3.63) is 71.7 Å². The number of halogens is 1. The van der Waals surface area contributed by atoms with Crippen LogP contribution in [0, 0.1) is 11.8 Å². The molecule has 0 spiro atoms. The number of carboxylic acids is 1. The van der Waals surface area contributed by atoms with Crippen LogP contribution in [0.5, 0.6) is 17.2 Å². The monoisotopic (exact) mass is 1350 g/mol. The lowest BCUT2D eigenvalue weighted by Crippen LogP contribution is -2.48. The normalized spacial score (nSPS) is 13.8. The fourth-order valence-electron chi connectivity index (χ4n) is 10.2. The summed E-state index contributed by atoms with van der Waals surface area (Å²) in [5.74, 6) is -5.22. The van der Waals surface area contributed by atoms with Gasteiger partial charge >= 0.3 is 12.1 Å². The number of carbonyl (C=O) groups is 10. The van der Waals surface area contributed by atoms with Gasteiger partial charge in [0.2, 0.25) is 11.8 Å². The molecule has 0 unspecified atom stereocenters. The van der Waals surface area contributed by atoms with Gasteiger partial charge in [0.15, 0.2) is 29.5 Å². The van der Waals surface area contributed by atoms with Crippen LogP contribution in [0.1, 0.15) is 85.3 Å². The number of aliphatic carboxylic acids is 1. The van der Waals surface area contributed by atoms with Gasteiger partial charge in [-0.15, -0.1) is 16.7 Å². The summed E-state index contributed by atoms with van der Waals surface area (Å²) >= 11 is 6.61. The number of H-pyrrole nitrogens is 1. The predicted octanol–water partition coefficient (Wildman–Crippen LogP) is 4.58. The number of ketones is 2. The van der Waals surface area contributed by atoms with Gasteiger partial charge in [-0.25, -0.2) is 4.79 Å². The summed E-state index contributed by atoms with van der Waals surface area (Å²) in [5.41, 5.74) is 14.1. The number of benzene rings is 3. The number of likely N-dealkylation sites (N-methyl/N-ethyl adjacent to an activating group) is 1. The van der Waals surface area contributed by atoms with Gasteiger partial charge in [-0.1, -0.05) is 51.1 Å². The molecule has 0 radical (unpaired) electrons. The molecule has 1 aliphatic heterocycles. The first kappa shape index (κ1) is 73.4. The van der Waals surface area contributed by atoms with Crippen molar-refractivity contribution < 1.29 is 81.5 Å². The molecule has 0 saturated heterocycles. The Morgan fingerprint density at radius 1 is 0.871 bits per heavy atom. The maximum atomic E-state index is 14.7. The third-order valence-corrected chi connectivity index (χ3v) is 17.7. The van der Waals surface area contributed by atoms with Crippen LogP contribution in [0.25, 0.3) is 21.7 Å². The van der Waals surface area contributed by atoms with E-state index >= 15 is 0 Å². The van der Waals surface area contributed by atoms with Gasteiger partial charge in [-0.2, -0.15) is 0 Å². The Balaban J connectivity index is 1.04. The molecule has 1 aliphatic rings. The zero-order valence-corrected chi connectivity index (χ0v) is 54.5. The van der Waals surface area contributed by atoms with Crippen LogP contribution < -0.4 is 41.2 Å². The minimum absolute atomic E-state index is 0.00164. The van der Waals surface area contributed by atoms with Crippen LogP contribution in [-0.2, 0) is 65.5 Å². The number of amides is 4. The lowest BCUT2D eigenvalue weighted by molar-refractivity contribution is -0.142. The molecular formula is C61H79ClN12O17S2. The van der Waals surface area contributed by atoms with Crippen LogP contribution >= 0.6 is 33.2 Å². The van der Waals surface area contributed by atoms with Crippen LogP contribution in [-0.4, -0.2) is 206 Å². The Labute approximate surface area is 549 Å². The highest BCUT2D eigenvalue weighted by atomic mass is 35.5. The number of hydrogen-bond acceptors (Lipinski definition) is 22. The summed E-state index contributed by atoms with van der Waals surface area (Å²) in [6.45, 7) is 1.18. The molecule has 8 N–H and O–H groups in total. The lowest BCUT2D eigenvalue weighted by Gasteiger charge is -2.24. The number of aromatic nitrogens is 4. The topological polar surface area (TPSA) is 391 Å². The number of aliphatic imine (C=N–C) groups is 1. The van der Waals surface area contributed by atoms with Crippen molar-refractivity contribution in [1.29, 1.82) is 0 Å². The van der Waals surface area contributed by atoms with E-state index in [0.717, 1.165) is 10.9 Å². The number of nitrogens with two attached hydrogens (primary N) is 2. The average molecular weight is 1350 g/mol. The third kappa shape index (κ3) is 22.3. The van der Waals surface area contributed by atoms with E-state index in [-0.39, 0.29) is 112 Å². The number of anilines is 1. The standard InChI is InChI=1S/C61H79ClN12O17S2/c1-71(2)19-21-89-53-25-45-46(29-66-48(45)26-52(53)86-4)59(84)74-30-40(28-62)56-44-14-6-5-13-43(44)51(27-49(56)74)91-61(85)72(3)20-22-92-93-34-54(90-37-77)68-58(83)39(33-88-36-76)24-50(79)47(15-10-17-65-60(63)64)67-57(82)38(32-87-35-75)23-42(78)12-7-8-18-73-31-41(69-70-73)11-9-16-55(80)81/h5-6,13-14,25-27,29,31,35-40,47,54,66H,7-12,15-24,28,30,32-34H2,1-4H3,(H,67,82)(H,68,83)(H,80,81)(H4,63,64,65)/t38-,39-,40+,47-,54+/m0/s1. The van der Waals surface area contributed by atoms with Gasteiger partial charge in [0.25, 0.3) is 25.3 Å². The van der Waals surface area contributed by atoms with Gasteiger partial charge < -0.3 is 75.3 Å². The van der Waals surface area contributed by atoms with E-state index in [1.807, 2.05) is 43.3 Å². The number of alkyl halides is 1. The van der Waals surface area contributed by atoms with E-state index in [2.05, 4.69) is 30.9 Å². The number of methoxy groups -OCH3 is 1. The Morgan fingerprint density at radius 2 is 1.60 bits per heavy atom. The molecule has 4 amide bonds. The summed E-state index contributed by atoms with van der Waals surface area (Å²) in [5, 5.41) is 24.2. The average Bonchev–Trinajstić information content (AvgIpc) is 1.63. The van der Waals surface area contributed by atoms with Crippen molar-refractivity contribution in [1.82, 2.24) is 40.4 Å². The number of unbranched alkanes of at least 4 members (excludes halogenated alkanes) is 1. The highest BCUT2D eigenvalue weighted by Gasteiger charge is 2.37. The molecular weight excluding hydrogens is 1270 g/mol. The number of guanidine groups is 1. The minimum Gasteiger partial charge on any atom is -0.493 e. The second kappa shape index (κ2) is 37.7. The lowest BCUT2D eigenvalue weighted by atomic mass is 9.94. The van der Waals surface area contributed by atoms with Crippen LogP contribution in [0.3, 0.4) is 0 Å². The quantitative estimate of drug-likeness (QED) is 0.00454. The summed E-state index contributed by atoms with van der Waals surface area (Å²) in [7, 11) is 9.43. The zero-order valence-electron chi connectivity index (χ0n) is 52.1. The number of aryl methyl sites for hydroxylation is 2. The van der Waals surface area contributed by atoms with E-state index in [1.165, 1.54) is 26.5 Å². The highest BCUT2D eigenvalue weighted by Crippen LogP contribution is 2.47. The molecule has 6 rings (SSSR count). The molecule has 0 aliphatic carbocycles. The first-order valence-electron chi connectivity index (χ1n) is 29.9. The molecule has 5 aromatic rings. The van der Waals surface area contributed by atoms with Gasteiger partial charge in [0, 0.05) is 118 Å². The second-order valence-electron chi connectivity index (χ2n) is 22.0. The number of hydrogen-bond donors (Lipinski definition) is 6. The van der Waals surface area contributed by atoms with Crippen molar-refractivity contribution in [3.63, 3.8) is 0 Å². The van der Waals surface area contributed by atoms with Gasteiger partial charge in [0.1, 0.15) is 31.4 Å². The molecule has 0 fully saturated rings. The number of aromatic amines is 1. The van der Waals surface area contributed by atoms with E-state index < -0.39 is 73.4 Å². The Morgan fingerprint density at radius 3 is 2.29 bits per heavy atom. The summed E-state index contributed by atoms with van der Waals surface area (Å²) in [4.78, 5) is 141. The summed E-state index contributed by atoms with van der Waals surface area (Å²) in [6.07, 6.45) is 2.38. The second-order valence-corrected chi connectivity index (χ2v) is 24.9.